The molecule has 1 fully saturated rings. The minimum Gasteiger partial charge on any atom is -0.481 e. The number of nitrogens with one attached hydrogen (secondary N) is 1. The van der Waals surface area contributed by atoms with Crippen molar-refractivity contribution >= 4 is 29.3 Å². The summed E-state index contributed by atoms with van der Waals surface area (Å²) in [5.74, 6) is 0.409. The van der Waals surface area contributed by atoms with Gasteiger partial charge in [-0.25, -0.2) is 0 Å². The Kier molecular flexibility index (Phi) is 6.74. The molecule has 2 rings (SSSR count). The number of anilines is 1. The van der Waals surface area contributed by atoms with Crippen molar-refractivity contribution in [2.75, 3.05) is 24.3 Å². The number of hydrogen-bond donors (Lipinski definition) is 2. The molecule has 1 atom stereocenters. The number of carbonyl (C=O) groups excluding carboxylic acids is 1. The summed E-state index contributed by atoms with van der Waals surface area (Å²) in [6.07, 6.45) is 2.41. The Bertz CT molecular complexity index is 515. The van der Waals surface area contributed by atoms with E-state index in [-0.39, 0.29) is 11.7 Å². The van der Waals surface area contributed by atoms with Crippen molar-refractivity contribution in [3.63, 3.8) is 0 Å². The van der Waals surface area contributed by atoms with Gasteiger partial charge in [0.25, 0.3) is 0 Å². The molecule has 22 heavy (non-hydrogen) atoms. The molecule has 0 aliphatic carbocycles. The lowest BCUT2D eigenvalue weighted by atomic mass is 10.0. The first-order valence-corrected chi connectivity index (χ1v) is 8.55. The Balaban J connectivity index is 1.76. The number of carbonyl (C=O) groups is 2. The van der Waals surface area contributed by atoms with Gasteiger partial charge in [-0.3, -0.25) is 9.59 Å². The fraction of sp³-hybridized carbons (Fsp3) is 0.500. The molecule has 1 amide bonds. The third kappa shape index (κ3) is 6.07. The topological polar surface area (TPSA) is 75.6 Å². The maximum Gasteiger partial charge on any atom is 0.313 e. The van der Waals surface area contributed by atoms with E-state index in [1.165, 1.54) is 11.8 Å². The summed E-state index contributed by atoms with van der Waals surface area (Å²) in [5, 5.41) is 11.5. The fourth-order valence-corrected chi connectivity index (χ4v) is 3.06. The molecule has 0 aromatic heterocycles. The number of carboxylic acids is 1. The van der Waals surface area contributed by atoms with E-state index in [4.69, 9.17) is 9.84 Å². The summed E-state index contributed by atoms with van der Waals surface area (Å²) in [7, 11) is 0. The van der Waals surface area contributed by atoms with Crippen molar-refractivity contribution in [3.05, 3.63) is 29.8 Å². The van der Waals surface area contributed by atoms with E-state index in [9.17, 15) is 9.59 Å². The van der Waals surface area contributed by atoms with E-state index >= 15 is 0 Å². The molecule has 1 aromatic carbocycles. The first-order valence-electron chi connectivity index (χ1n) is 7.39. The molecular weight excluding hydrogens is 302 g/mol. The summed E-state index contributed by atoms with van der Waals surface area (Å²) >= 11 is 1.34. The second kappa shape index (κ2) is 8.80. The van der Waals surface area contributed by atoms with Crippen molar-refractivity contribution in [2.45, 2.75) is 25.0 Å². The van der Waals surface area contributed by atoms with Gasteiger partial charge in [0, 0.05) is 31.1 Å². The normalized spacial score (nSPS) is 17.4. The largest absolute Gasteiger partial charge is 0.481 e. The summed E-state index contributed by atoms with van der Waals surface area (Å²) in [4.78, 5) is 22.4. The SMILES string of the molecule is O=C(O)CSCc1cccc(NC(=O)CCC2CCOC2)c1. The smallest absolute Gasteiger partial charge is 0.313 e. The quantitative estimate of drug-likeness (QED) is 0.769. The summed E-state index contributed by atoms with van der Waals surface area (Å²) in [6, 6.07) is 7.55. The number of aliphatic carboxylic acids is 1. The van der Waals surface area contributed by atoms with Gasteiger partial charge in [0.05, 0.1) is 5.75 Å². The van der Waals surface area contributed by atoms with Crippen LogP contribution in [0.1, 0.15) is 24.8 Å². The molecule has 1 saturated heterocycles. The zero-order valence-corrected chi connectivity index (χ0v) is 13.2. The average Bonchev–Trinajstić information content (AvgIpc) is 2.98. The molecule has 1 aliphatic heterocycles. The first-order chi connectivity index (χ1) is 10.6. The van der Waals surface area contributed by atoms with Crippen molar-refractivity contribution < 1.29 is 19.4 Å². The number of hydrogen-bond acceptors (Lipinski definition) is 4. The van der Waals surface area contributed by atoms with Crippen LogP contribution in [0.4, 0.5) is 5.69 Å². The lowest BCUT2D eigenvalue weighted by Gasteiger charge is -2.09. The number of rotatable bonds is 8. The van der Waals surface area contributed by atoms with Crippen LogP contribution in [0.5, 0.6) is 0 Å². The zero-order valence-electron chi connectivity index (χ0n) is 12.4. The lowest BCUT2D eigenvalue weighted by Crippen LogP contribution is -2.13. The highest BCUT2D eigenvalue weighted by atomic mass is 32.2. The second-order valence-corrected chi connectivity index (χ2v) is 6.39. The molecule has 0 radical (unpaired) electrons. The van der Waals surface area contributed by atoms with Gasteiger partial charge in [-0.2, -0.15) is 0 Å². The van der Waals surface area contributed by atoms with Gasteiger partial charge in [0.15, 0.2) is 0 Å². The first kappa shape index (κ1) is 16.8. The van der Waals surface area contributed by atoms with E-state index in [2.05, 4.69) is 5.32 Å². The number of ether oxygens (including phenoxy) is 1. The summed E-state index contributed by atoms with van der Waals surface area (Å²) in [6.45, 7) is 1.58. The Labute approximate surface area is 134 Å². The van der Waals surface area contributed by atoms with Gasteiger partial charge in [-0.1, -0.05) is 12.1 Å². The molecule has 1 aromatic rings. The highest BCUT2D eigenvalue weighted by Gasteiger charge is 2.16. The van der Waals surface area contributed by atoms with Crippen LogP contribution in [0, 0.1) is 5.92 Å². The Morgan fingerprint density at radius 3 is 3.00 bits per heavy atom. The third-order valence-electron chi connectivity index (χ3n) is 3.51. The number of benzene rings is 1. The van der Waals surface area contributed by atoms with Crippen molar-refractivity contribution in [2.24, 2.45) is 5.92 Å². The highest BCUT2D eigenvalue weighted by Crippen LogP contribution is 2.20. The Morgan fingerprint density at radius 1 is 1.41 bits per heavy atom. The number of amides is 1. The molecule has 5 nitrogen and oxygen atoms in total. The molecule has 6 heteroatoms. The molecule has 2 N–H and O–H groups in total. The van der Waals surface area contributed by atoms with E-state index in [1.54, 1.807) is 0 Å². The minimum atomic E-state index is -0.814. The van der Waals surface area contributed by atoms with Crippen LogP contribution in [0.3, 0.4) is 0 Å². The third-order valence-corrected chi connectivity index (χ3v) is 4.50. The second-order valence-electron chi connectivity index (χ2n) is 5.40. The molecule has 1 unspecified atom stereocenters. The summed E-state index contributed by atoms with van der Waals surface area (Å²) < 4.78 is 5.30. The number of thioether (sulfide) groups is 1. The van der Waals surface area contributed by atoms with Crippen LogP contribution in [0.2, 0.25) is 0 Å². The molecule has 1 aliphatic rings. The van der Waals surface area contributed by atoms with Crippen LogP contribution < -0.4 is 5.32 Å². The van der Waals surface area contributed by atoms with Crippen molar-refractivity contribution in [1.82, 2.24) is 0 Å². The van der Waals surface area contributed by atoms with Crippen molar-refractivity contribution in [1.29, 1.82) is 0 Å². The van der Waals surface area contributed by atoms with Crippen LogP contribution in [-0.4, -0.2) is 35.9 Å². The maximum absolute atomic E-state index is 11.9. The number of carboxylic acid groups (broad SMARTS) is 1. The van der Waals surface area contributed by atoms with E-state index in [1.807, 2.05) is 24.3 Å². The minimum absolute atomic E-state index is 0.0160. The Morgan fingerprint density at radius 2 is 2.27 bits per heavy atom. The van der Waals surface area contributed by atoms with Gasteiger partial charge in [-0.15, -0.1) is 11.8 Å². The monoisotopic (exact) mass is 323 g/mol. The molecule has 120 valence electrons. The fourth-order valence-electron chi connectivity index (χ4n) is 2.36. The van der Waals surface area contributed by atoms with Gasteiger partial charge in [0.2, 0.25) is 5.91 Å². The lowest BCUT2D eigenvalue weighted by molar-refractivity contribution is -0.133. The standard InChI is InChI=1S/C16H21NO4S/c18-15(5-4-12-6-7-21-9-12)17-14-3-1-2-13(8-14)10-22-11-16(19)20/h1-3,8,12H,4-7,9-11H2,(H,17,18)(H,19,20). The van der Waals surface area contributed by atoms with Gasteiger partial charge in [-0.05, 0) is 36.5 Å². The van der Waals surface area contributed by atoms with Crippen LogP contribution >= 0.6 is 11.8 Å². The van der Waals surface area contributed by atoms with Crippen LogP contribution in [0.25, 0.3) is 0 Å². The molecule has 0 bridgehead atoms. The maximum atomic E-state index is 11.9. The van der Waals surface area contributed by atoms with Crippen molar-refractivity contribution in [3.8, 4) is 0 Å². The molecule has 0 spiro atoms. The average molecular weight is 323 g/mol. The Hall–Kier alpha value is -1.53. The molecule has 1 heterocycles. The van der Waals surface area contributed by atoms with E-state index < -0.39 is 5.97 Å². The van der Waals surface area contributed by atoms with Crippen LogP contribution in [0.15, 0.2) is 24.3 Å². The zero-order chi connectivity index (χ0) is 15.8. The molecular formula is C16H21NO4S. The van der Waals surface area contributed by atoms with Gasteiger partial charge in [0.1, 0.15) is 0 Å². The van der Waals surface area contributed by atoms with E-state index in [0.717, 1.165) is 37.3 Å². The highest BCUT2D eigenvalue weighted by molar-refractivity contribution is 7.99. The predicted molar refractivity (Wildman–Crippen MR) is 87.0 cm³/mol. The molecule has 0 saturated carbocycles. The predicted octanol–water partition coefficient (Wildman–Crippen LogP) is 2.76. The van der Waals surface area contributed by atoms with Crippen LogP contribution in [-0.2, 0) is 20.1 Å². The summed E-state index contributed by atoms with van der Waals surface area (Å²) in [5.41, 5.74) is 1.77. The van der Waals surface area contributed by atoms with E-state index in [0.29, 0.717) is 18.1 Å². The van der Waals surface area contributed by atoms with Gasteiger partial charge < -0.3 is 15.2 Å². The van der Waals surface area contributed by atoms with Gasteiger partial charge >= 0.3 is 5.97 Å².